The number of rotatable bonds is 6. The van der Waals surface area contributed by atoms with Crippen LogP contribution in [0, 0.1) is 5.41 Å². The normalized spacial score (nSPS) is 17.8. The first kappa shape index (κ1) is 21.9. The molecule has 1 fully saturated rings. The van der Waals surface area contributed by atoms with Crippen molar-refractivity contribution in [2.24, 2.45) is 10.4 Å². The van der Waals surface area contributed by atoms with E-state index in [2.05, 4.69) is 31.9 Å². The van der Waals surface area contributed by atoms with Crippen molar-refractivity contribution >= 4 is 17.6 Å². The Labute approximate surface area is 168 Å². The third-order valence-electron chi connectivity index (χ3n) is 4.80. The molecule has 0 aromatic heterocycles. The Bertz CT molecular complexity index is 669. The minimum absolute atomic E-state index is 0.0528. The van der Waals surface area contributed by atoms with Crippen molar-refractivity contribution in [2.75, 3.05) is 45.2 Å². The quantitative estimate of drug-likeness (QED) is 0.394. The summed E-state index contributed by atoms with van der Waals surface area (Å²) in [4.78, 5) is 18.6. The Balaban J connectivity index is 1.83. The largest absolute Gasteiger partial charge is 0.495 e. The van der Waals surface area contributed by atoms with E-state index in [1.807, 2.05) is 39.0 Å². The molecule has 1 heterocycles. The lowest BCUT2D eigenvalue weighted by Crippen LogP contribution is -2.52. The van der Waals surface area contributed by atoms with Gasteiger partial charge in [0.05, 0.1) is 12.8 Å². The van der Waals surface area contributed by atoms with E-state index in [1.165, 1.54) is 0 Å². The molecular weight excluding hydrogens is 354 g/mol. The van der Waals surface area contributed by atoms with Gasteiger partial charge in [-0.2, -0.15) is 0 Å². The highest BCUT2D eigenvalue weighted by molar-refractivity contribution is 5.82. The fraction of sp³-hybridized carbons (Fsp3) is 0.619. The van der Waals surface area contributed by atoms with Crippen LogP contribution < -0.4 is 25.6 Å². The lowest BCUT2D eigenvalue weighted by atomic mass is 9.96. The summed E-state index contributed by atoms with van der Waals surface area (Å²) in [5.74, 6) is 1.72. The van der Waals surface area contributed by atoms with Crippen molar-refractivity contribution in [3.05, 3.63) is 24.3 Å². The highest BCUT2D eigenvalue weighted by Gasteiger charge is 2.23. The van der Waals surface area contributed by atoms with Gasteiger partial charge >= 0.3 is 0 Å². The third-order valence-corrected chi connectivity index (χ3v) is 4.80. The first-order valence-corrected chi connectivity index (χ1v) is 9.98. The van der Waals surface area contributed by atoms with Gasteiger partial charge in [0.25, 0.3) is 0 Å². The number of hydrogen-bond donors (Lipinski definition) is 3. The van der Waals surface area contributed by atoms with Crippen LogP contribution in [0.15, 0.2) is 29.3 Å². The van der Waals surface area contributed by atoms with E-state index < -0.39 is 0 Å². The smallest absolute Gasteiger partial charge is 0.225 e. The Morgan fingerprint density at radius 1 is 1.25 bits per heavy atom. The van der Waals surface area contributed by atoms with Crippen LogP contribution in [0.25, 0.3) is 0 Å². The standard InChI is InChI=1S/C21H35N5O2/c1-21(2,3)19(27)23-12-13-24-20(22-4)25-16-9-8-14-26(15-16)17-10-6-7-11-18(17)28-5/h6-7,10-11,16H,8-9,12-15H2,1-5H3,(H,23,27)(H2,22,24,25). The van der Waals surface area contributed by atoms with Crippen LogP contribution in [0.4, 0.5) is 5.69 Å². The van der Waals surface area contributed by atoms with E-state index in [0.717, 1.165) is 43.3 Å². The van der Waals surface area contributed by atoms with Crippen LogP contribution >= 0.6 is 0 Å². The summed E-state index contributed by atoms with van der Waals surface area (Å²) in [6.07, 6.45) is 2.20. The SMILES string of the molecule is CN=C(NCCNC(=O)C(C)(C)C)NC1CCCN(c2ccccc2OC)C1. The van der Waals surface area contributed by atoms with Gasteiger partial charge in [0.15, 0.2) is 5.96 Å². The lowest BCUT2D eigenvalue weighted by Gasteiger charge is -2.36. The third kappa shape index (κ3) is 6.32. The second-order valence-electron chi connectivity index (χ2n) is 8.11. The fourth-order valence-electron chi connectivity index (χ4n) is 3.21. The van der Waals surface area contributed by atoms with E-state index in [9.17, 15) is 4.79 Å². The Morgan fingerprint density at radius 3 is 2.64 bits per heavy atom. The number of benzene rings is 1. The zero-order chi connectivity index (χ0) is 20.6. The Kier molecular flexibility index (Phi) is 7.96. The number of ether oxygens (including phenoxy) is 1. The number of nitrogens with zero attached hydrogens (tertiary/aromatic N) is 2. The molecule has 1 aliphatic heterocycles. The number of guanidine groups is 1. The maximum Gasteiger partial charge on any atom is 0.225 e. The van der Waals surface area contributed by atoms with E-state index in [1.54, 1.807) is 14.2 Å². The monoisotopic (exact) mass is 389 g/mol. The van der Waals surface area contributed by atoms with E-state index >= 15 is 0 Å². The van der Waals surface area contributed by atoms with Crippen molar-refractivity contribution in [2.45, 2.75) is 39.7 Å². The molecule has 1 aromatic rings. The maximum atomic E-state index is 11.9. The molecule has 3 N–H and O–H groups in total. The Morgan fingerprint density at radius 2 is 1.96 bits per heavy atom. The van der Waals surface area contributed by atoms with Crippen LogP contribution in [0.2, 0.25) is 0 Å². The van der Waals surface area contributed by atoms with Gasteiger partial charge in [-0.05, 0) is 25.0 Å². The second-order valence-corrected chi connectivity index (χ2v) is 8.11. The van der Waals surface area contributed by atoms with Crippen molar-refractivity contribution in [3.63, 3.8) is 0 Å². The minimum atomic E-state index is -0.371. The second kappa shape index (κ2) is 10.2. The molecule has 0 saturated carbocycles. The number of methoxy groups -OCH3 is 1. The molecule has 2 rings (SSSR count). The predicted octanol–water partition coefficient (Wildman–Crippen LogP) is 1.99. The van der Waals surface area contributed by atoms with Crippen molar-refractivity contribution < 1.29 is 9.53 Å². The Hall–Kier alpha value is -2.44. The summed E-state index contributed by atoms with van der Waals surface area (Å²) < 4.78 is 5.51. The molecular formula is C21H35N5O2. The number of aliphatic imine (C=N–C) groups is 1. The molecule has 1 aliphatic rings. The van der Waals surface area contributed by atoms with Crippen LogP contribution in [0.5, 0.6) is 5.75 Å². The van der Waals surface area contributed by atoms with Crippen molar-refractivity contribution in [1.82, 2.24) is 16.0 Å². The van der Waals surface area contributed by atoms with Gasteiger partial charge in [0.2, 0.25) is 5.91 Å². The van der Waals surface area contributed by atoms with E-state index in [-0.39, 0.29) is 11.3 Å². The molecule has 0 aliphatic carbocycles. The first-order valence-electron chi connectivity index (χ1n) is 9.98. The van der Waals surface area contributed by atoms with Crippen molar-refractivity contribution in [1.29, 1.82) is 0 Å². The van der Waals surface area contributed by atoms with Gasteiger partial charge in [-0.15, -0.1) is 0 Å². The number of carbonyl (C=O) groups excluding carboxylic acids is 1. The number of piperidine rings is 1. The molecule has 0 spiro atoms. The van der Waals surface area contributed by atoms with Crippen LogP contribution in [-0.2, 0) is 4.79 Å². The summed E-state index contributed by atoms with van der Waals surface area (Å²) in [5, 5.41) is 9.73. The van der Waals surface area contributed by atoms with Crippen LogP contribution in [0.1, 0.15) is 33.6 Å². The fourth-order valence-corrected chi connectivity index (χ4v) is 3.21. The number of anilines is 1. The molecule has 7 nitrogen and oxygen atoms in total. The first-order chi connectivity index (χ1) is 13.3. The predicted molar refractivity (Wildman–Crippen MR) is 115 cm³/mol. The van der Waals surface area contributed by atoms with E-state index in [0.29, 0.717) is 19.1 Å². The summed E-state index contributed by atoms with van der Waals surface area (Å²) in [7, 11) is 3.48. The number of hydrogen-bond acceptors (Lipinski definition) is 4. The zero-order valence-electron chi connectivity index (χ0n) is 17.8. The number of amides is 1. The molecule has 0 bridgehead atoms. The van der Waals surface area contributed by atoms with Crippen LogP contribution in [-0.4, -0.2) is 58.2 Å². The summed E-state index contributed by atoms with van der Waals surface area (Å²) >= 11 is 0. The van der Waals surface area contributed by atoms with E-state index in [4.69, 9.17) is 4.74 Å². The molecule has 1 amide bonds. The molecule has 7 heteroatoms. The molecule has 1 saturated heterocycles. The number of carbonyl (C=O) groups is 1. The minimum Gasteiger partial charge on any atom is -0.495 e. The van der Waals surface area contributed by atoms with Gasteiger partial charge in [0, 0.05) is 44.7 Å². The van der Waals surface area contributed by atoms with Crippen LogP contribution in [0.3, 0.4) is 0 Å². The van der Waals surface area contributed by atoms with Gasteiger partial charge in [0.1, 0.15) is 5.75 Å². The molecule has 1 unspecified atom stereocenters. The van der Waals surface area contributed by atoms with Gasteiger partial charge in [-0.25, -0.2) is 0 Å². The number of nitrogens with one attached hydrogen (secondary N) is 3. The zero-order valence-corrected chi connectivity index (χ0v) is 17.8. The maximum absolute atomic E-state index is 11.9. The average Bonchev–Trinajstić information content (AvgIpc) is 2.69. The van der Waals surface area contributed by atoms with Gasteiger partial charge < -0.3 is 25.6 Å². The van der Waals surface area contributed by atoms with Crippen molar-refractivity contribution in [3.8, 4) is 5.75 Å². The summed E-state index contributed by atoms with van der Waals surface area (Å²) in [6.45, 7) is 8.83. The number of para-hydroxylation sites is 2. The topological polar surface area (TPSA) is 78.0 Å². The molecule has 1 aromatic carbocycles. The average molecular weight is 390 g/mol. The molecule has 28 heavy (non-hydrogen) atoms. The summed E-state index contributed by atoms with van der Waals surface area (Å²) in [5.41, 5.74) is 0.758. The highest BCUT2D eigenvalue weighted by atomic mass is 16.5. The van der Waals surface area contributed by atoms with Gasteiger partial charge in [-0.3, -0.25) is 9.79 Å². The molecule has 0 radical (unpaired) electrons. The van der Waals surface area contributed by atoms with Gasteiger partial charge in [-0.1, -0.05) is 32.9 Å². The summed E-state index contributed by atoms with van der Waals surface area (Å²) in [6, 6.07) is 8.44. The molecule has 1 atom stereocenters. The highest BCUT2D eigenvalue weighted by Crippen LogP contribution is 2.29. The lowest BCUT2D eigenvalue weighted by molar-refractivity contribution is -0.128. The molecule has 156 valence electrons.